The molecule has 1 aromatic heterocycles. The number of anilines is 3. The van der Waals surface area contributed by atoms with Crippen LogP contribution in [0, 0.1) is 10.1 Å². The molecule has 0 amide bonds. The highest BCUT2D eigenvalue weighted by molar-refractivity contribution is 5.99. The molecule has 0 unspecified atom stereocenters. The molecule has 0 spiro atoms. The lowest BCUT2D eigenvalue weighted by Crippen LogP contribution is -2.26. The summed E-state index contributed by atoms with van der Waals surface area (Å²) in [5.74, 6) is 0.641. The van der Waals surface area contributed by atoms with Crippen LogP contribution in [0.2, 0.25) is 0 Å². The molecule has 124 valence electrons. The van der Waals surface area contributed by atoms with E-state index in [1.807, 2.05) is 24.3 Å². The van der Waals surface area contributed by atoms with E-state index in [0.717, 1.165) is 22.3 Å². The van der Waals surface area contributed by atoms with Crippen molar-refractivity contribution >= 4 is 33.9 Å². The normalized spacial score (nSPS) is 11.5. The van der Waals surface area contributed by atoms with Crippen molar-refractivity contribution in [1.29, 1.82) is 0 Å². The van der Waals surface area contributed by atoms with Crippen LogP contribution >= 0.6 is 0 Å². The highest BCUT2D eigenvalue weighted by Crippen LogP contribution is 2.38. The topological polar surface area (TPSA) is 80.3 Å². The lowest BCUT2D eigenvalue weighted by atomic mass is 10.1. The summed E-state index contributed by atoms with van der Waals surface area (Å²) < 4.78 is 5.93. The maximum absolute atomic E-state index is 10.8. The van der Waals surface area contributed by atoms with Gasteiger partial charge in [0.05, 0.1) is 4.92 Å². The van der Waals surface area contributed by atoms with Crippen LogP contribution in [-0.2, 0) is 0 Å². The van der Waals surface area contributed by atoms with Gasteiger partial charge in [-0.25, -0.2) is 0 Å². The Balaban J connectivity index is 2.00. The van der Waals surface area contributed by atoms with E-state index >= 15 is 0 Å². The molecule has 0 saturated heterocycles. The van der Waals surface area contributed by atoms with Crippen molar-refractivity contribution in [3.63, 3.8) is 0 Å². The second-order valence-electron chi connectivity index (χ2n) is 6.61. The smallest absolute Gasteiger partial charge is 0.269 e. The molecule has 3 rings (SSSR count). The molecular formula is C18H19N3O3. The summed E-state index contributed by atoms with van der Waals surface area (Å²) >= 11 is 0. The van der Waals surface area contributed by atoms with E-state index in [1.165, 1.54) is 12.1 Å². The summed E-state index contributed by atoms with van der Waals surface area (Å²) in [6.45, 7) is 6.15. The largest absolute Gasteiger partial charge is 0.438 e. The van der Waals surface area contributed by atoms with Crippen LogP contribution in [0.25, 0.3) is 11.0 Å². The Labute approximate surface area is 139 Å². The van der Waals surface area contributed by atoms with Crippen molar-refractivity contribution in [2.45, 2.75) is 26.3 Å². The molecule has 0 aliphatic rings. The minimum atomic E-state index is -0.413. The van der Waals surface area contributed by atoms with Gasteiger partial charge in [-0.2, -0.15) is 0 Å². The van der Waals surface area contributed by atoms with Crippen LogP contribution in [0.4, 0.5) is 22.9 Å². The molecule has 2 aromatic carbocycles. The van der Waals surface area contributed by atoms with Gasteiger partial charge in [0, 0.05) is 28.7 Å². The number of nitro groups is 1. The Morgan fingerprint density at radius 1 is 1.04 bits per heavy atom. The number of nitro benzene ring substituents is 1. The number of hydrogen-bond acceptors (Lipinski definition) is 5. The van der Waals surface area contributed by atoms with Crippen LogP contribution in [-0.4, -0.2) is 10.5 Å². The van der Waals surface area contributed by atoms with E-state index in [1.54, 1.807) is 12.1 Å². The molecule has 0 fully saturated rings. The summed E-state index contributed by atoms with van der Waals surface area (Å²) in [5.41, 5.74) is 2.23. The summed E-state index contributed by atoms with van der Waals surface area (Å²) in [7, 11) is 0. The quantitative estimate of drug-likeness (QED) is 0.503. The van der Waals surface area contributed by atoms with Crippen molar-refractivity contribution in [2.24, 2.45) is 0 Å². The Hall–Kier alpha value is -3.02. The Kier molecular flexibility index (Phi) is 3.89. The van der Waals surface area contributed by atoms with Gasteiger partial charge in [-0.05, 0) is 45.0 Å². The molecule has 0 radical (unpaired) electrons. The van der Waals surface area contributed by atoms with Crippen LogP contribution in [0.3, 0.4) is 0 Å². The number of furan rings is 1. The first-order valence-electron chi connectivity index (χ1n) is 7.65. The predicted octanol–water partition coefficient (Wildman–Crippen LogP) is 5.30. The summed E-state index contributed by atoms with van der Waals surface area (Å²) in [6, 6.07) is 14.1. The van der Waals surface area contributed by atoms with E-state index in [9.17, 15) is 10.1 Å². The maximum atomic E-state index is 10.8. The number of non-ortho nitro benzene ring substituents is 1. The minimum Gasteiger partial charge on any atom is -0.438 e. The van der Waals surface area contributed by atoms with Gasteiger partial charge in [0.2, 0.25) is 5.88 Å². The highest BCUT2D eigenvalue weighted by Gasteiger charge is 2.19. The van der Waals surface area contributed by atoms with Gasteiger partial charge < -0.3 is 15.1 Å². The molecular weight excluding hydrogens is 306 g/mol. The second kappa shape index (κ2) is 5.88. The summed E-state index contributed by atoms with van der Waals surface area (Å²) in [6.07, 6.45) is 0. The molecule has 3 aromatic rings. The van der Waals surface area contributed by atoms with E-state index in [0.29, 0.717) is 5.88 Å². The number of fused-ring (bicyclic) bond motifs is 1. The van der Waals surface area contributed by atoms with Crippen molar-refractivity contribution in [3.8, 4) is 0 Å². The SMILES string of the molecule is CC(C)(C)Nc1oc2ccccc2c1Nc1ccc([N+](=O)[O-])cc1. The number of nitrogens with zero attached hydrogens (tertiary/aromatic N) is 1. The summed E-state index contributed by atoms with van der Waals surface area (Å²) in [5, 5.41) is 18.4. The molecule has 24 heavy (non-hydrogen) atoms. The molecule has 0 bridgehead atoms. The zero-order chi connectivity index (χ0) is 17.3. The fraction of sp³-hybridized carbons (Fsp3) is 0.222. The Morgan fingerprint density at radius 3 is 2.33 bits per heavy atom. The first kappa shape index (κ1) is 15.9. The van der Waals surface area contributed by atoms with E-state index in [4.69, 9.17) is 4.42 Å². The second-order valence-corrected chi connectivity index (χ2v) is 6.61. The number of nitrogens with one attached hydrogen (secondary N) is 2. The van der Waals surface area contributed by atoms with Crippen LogP contribution < -0.4 is 10.6 Å². The lowest BCUT2D eigenvalue weighted by molar-refractivity contribution is -0.384. The first-order chi connectivity index (χ1) is 11.3. The summed E-state index contributed by atoms with van der Waals surface area (Å²) in [4.78, 5) is 10.4. The monoisotopic (exact) mass is 325 g/mol. The average molecular weight is 325 g/mol. The van der Waals surface area contributed by atoms with Gasteiger partial charge in [0.1, 0.15) is 11.3 Å². The van der Waals surface area contributed by atoms with Crippen molar-refractivity contribution < 1.29 is 9.34 Å². The Morgan fingerprint density at radius 2 is 1.71 bits per heavy atom. The third-order valence-corrected chi connectivity index (χ3v) is 3.43. The van der Waals surface area contributed by atoms with E-state index in [2.05, 4.69) is 31.4 Å². The van der Waals surface area contributed by atoms with Gasteiger partial charge in [-0.15, -0.1) is 0 Å². The predicted molar refractivity (Wildman–Crippen MR) is 96.0 cm³/mol. The molecule has 6 nitrogen and oxygen atoms in total. The van der Waals surface area contributed by atoms with Crippen molar-refractivity contribution in [2.75, 3.05) is 10.6 Å². The van der Waals surface area contributed by atoms with Gasteiger partial charge in [-0.3, -0.25) is 10.1 Å². The van der Waals surface area contributed by atoms with Gasteiger partial charge in [-0.1, -0.05) is 12.1 Å². The number of benzene rings is 2. The molecule has 0 aliphatic carbocycles. The van der Waals surface area contributed by atoms with Crippen molar-refractivity contribution in [1.82, 2.24) is 0 Å². The molecule has 0 saturated carbocycles. The zero-order valence-corrected chi connectivity index (χ0v) is 13.8. The number of rotatable bonds is 4. The van der Waals surface area contributed by atoms with Crippen LogP contribution in [0.5, 0.6) is 0 Å². The molecule has 1 heterocycles. The van der Waals surface area contributed by atoms with Gasteiger partial charge in [0.15, 0.2) is 0 Å². The van der Waals surface area contributed by atoms with E-state index < -0.39 is 4.92 Å². The van der Waals surface area contributed by atoms with E-state index in [-0.39, 0.29) is 11.2 Å². The Bertz CT molecular complexity index is 877. The standard InChI is InChI=1S/C18H19N3O3/c1-18(2,3)20-17-16(14-6-4-5-7-15(14)24-17)19-12-8-10-13(11-9-12)21(22)23/h4-11,19-20H,1-3H3. The fourth-order valence-electron chi connectivity index (χ4n) is 2.41. The van der Waals surface area contributed by atoms with Gasteiger partial charge >= 0.3 is 0 Å². The van der Waals surface area contributed by atoms with Crippen LogP contribution in [0.1, 0.15) is 20.8 Å². The third-order valence-electron chi connectivity index (χ3n) is 3.43. The van der Waals surface area contributed by atoms with Gasteiger partial charge in [0.25, 0.3) is 5.69 Å². The minimum absolute atomic E-state index is 0.0608. The van der Waals surface area contributed by atoms with Crippen molar-refractivity contribution in [3.05, 3.63) is 58.6 Å². The maximum Gasteiger partial charge on any atom is 0.269 e. The lowest BCUT2D eigenvalue weighted by Gasteiger charge is -2.21. The van der Waals surface area contributed by atoms with Crippen LogP contribution in [0.15, 0.2) is 52.9 Å². The zero-order valence-electron chi connectivity index (χ0n) is 13.8. The molecule has 0 atom stereocenters. The molecule has 6 heteroatoms. The number of para-hydroxylation sites is 1. The number of hydrogen-bond donors (Lipinski definition) is 2. The molecule has 0 aliphatic heterocycles. The highest BCUT2D eigenvalue weighted by atomic mass is 16.6. The third kappa shape index (κ3) is 3.32. The fourth-order valence-corrected chi connectivity index (χ4v) is 2.41. The molecule has 2 N–H and O–H groups in total. The first-order valence-corrected chi connectivity index (χ1v) is 7.65. The average Bonchev–Trinajstić information content (AvgIpc) is 2.83.